The molecule has 2 aromatic rings. The third-order valence-electron chi connectivity index (χ3n) is 6.07. The van der Waals surface area contributed by atoms with Crippen LogP contribution >= 0.6 is 0 Å². The second-order valence-corrected chi connectivity index (χ2v) is 8.19. The van der Waals surface area contributed by atoms with Crippen LogP contribution in [-0.4, -0.2) is 55.1 Å². The molecule has 1 aromatic heterocycles. The van der Waals surface area contributed by atoms with E-state index in [2.05, 4.69) is 32.2 Å². The molecule has 1 N–H and O–H groups in total. The first-order chi connectivity index (χ1) is 14.3. The fourth-order valence-corrected chi connectivity index (χ4v) is 4.29. The number of carbonyl (C=O) groups excluding carboxylic acids is 1. The number of rotatable bonds is 6. The number of anilines is 1. The van der Waals surface area contributed by atoms with Gasteiger partial charge in [0.1, 0.15) is 5.82 Å². The van der Waals surface area contributed by atoms with E-state index in [0.717, 1.165) is 49.7 Å². The highest BCUT2D eigenvalue weighted by Crippen LogP contribution is 2.23. The average Bonchev–Trinajstić information content (AvgIpc) is 2.80. The predicted octanol–water partition coefficient (Wildman–Crippen LogP) is 3.95. The van der Waals surface area contributed by atoms with Gasteiger partial charge in [0.25, 0.3) is 5.91 Å². The monoisotopic (exact) mass is 392 g/mol. The van der Waals surface area contributed by atoms with Gasteiger partial charge in [-0.25, -0.2) is 4.98 Å². The summed E-state index contributed by atoms with van der Waals surface area (Å²) < 4.78 is 0. The second-order valence-electron chi connectivity index (χ2n) is 8.19. The zero-order valence-electron chi connectivity index (χ0n) is 17.3. The summed E-state index contributed by atoms with van der Waals surface area (Å²) >= 11 is 0. The van der Waals surface area contributed by atoms with Crippen LogP contribution in [0.2, 0.25) is 0 Å². The highest BCUT2D eigenvalue weighted by molar-refractivity contribution is 5.94. The van der Waals surface area contributed by atoms with Crippen molar-refractivity contribution in [3.63, 3.8) is 0 Å². The first-order valence-corrected chi connectivity index (χ1v) is 11.1. The summed E-state index contributed by atoms with van der Waals surface area (Å²) in [4.78, 5) is 21.9. The van der Waals surface area contributed by atoms with E-state index in [1.54, 1.807) is 0 Å². The molecule has 1 aromatic carbocycles. The molecule has 3 heterocycles. The van der Waals surface area contributed by atoms with Crippen molar-refractivity contribution in [2.75, 3.05) is 44.2 Å². The van der Waals surface area contributed by atoms with Gasteiger partial charge in [0.15, 0.2) is 0 Å². The van der Waals surface area contributed by atoms with Crippen LogP contribution in [0.1, 0.15) is 48.9 Å². The smallest absolute Gasteiger partial charge is 0.251 e. The van der Waals surface area contributed by atoms with Crippen LogP contribution in [-0.2, 0) is 0 Å². The van der Waals surface area contributed by atoms with Crippen molar-refractivity contribution >= 4 is 11.7 Å². The van der Waals surface area contributed by atoms with Gasteiger partial charge < -0.3 is 15.1 Å². The minimum atomic E-state index is 0.00660. The van der Waals surface area contributed by atoms with Crippen LogP contribution in [0.3, 0.4) is 0 Å². The maximum Gasteiger partial charge on any atom is 0.251 e. The third-order valence-corrected chi connectivity index (χ3v) is 6.07. The summed E-state index contributed by atoms with van der Waals surface area (Å²) in [7, 11) is 0. The second kappa shape index (κ2) is 9.88. The molecule has 4 rings (SSSR count). The Labute approximate surface area is 174 Å². The van der Waals surface area contributed by atoms with Crippen molar-refractivity contribution in [1.29, 1.82) is 0 Å². The minimum Gasteiger partial charge on any atom is -0.357 e. The fourth-order valence-electron chi connectivity index (χ4n) is 4.29. The number of nitrogens with zero attached hydrogens (tertiary/aromatic N) is 3. The largest absolute Gasteiger partial charge is 0.357 e. The van der Waals surface area contributed by atoms with Crippen LogP contribution in [0.25, 0.3) is 11.1 Å². The molecule has 0 spiro atoms. The molecule has 0 radical (unpaired) electrons. The summed E-state index contributed by atoms with van der Waals surface area (Å²) in [5, 5.41) is 3.05. The molecule has 2 saturated heterocycles. The number of benzene rings is 1. The van der Waals surface area contributed by atoms with E-state index in [1.807, 2.05) is 30.5 Å². The molecule has 0 unspecified atom stereocenters. The summed E-state index contributed by atoms with van der Waals surface area (Å²) in [5.74, 6) is 1.07. The number of hydrogen-bond donors (Lipinski definition) is 1. The first kappa shape index (κ1) is 19.9. The minimum absolute atomic E-state index is 0.00660. The number of aromatic nitrogens is 1. The molecular weight excluding hydrogens is 360 g/mol. The van der Waals surface area contributed by atoms with Gasteiger partial charge in [-0.2, -0.15) is 0 Å². The van der Waals surface area contributed by atoms with Crippen molar-refractivity contribution in [3.8, 4) is 11.1 Å². The fraction of sp³-hybridized carbons (Fsp3) is 0.500. The molecule has 5 heteroatoms. The van der Waals surface area contributed by atoms with Crippen LogP contribution in [0, 0.1) is 0 Å². The van der Waals surface area contributed by atoms with Crippen molar-refractivity contribution in [2.24, 2.45) is 0 Å². The maximum absolute atomic E-state index is 12.4. The maximum atomic E-state index is 12.4. The van der Waals surface area contributed by atoms with Crippen LogP contribution in [0.15, 0.2) is 42.6 Å². The molecule has 2 aliphatic heterocycles. The quantitative estimate of drug-likeness (QED) is 0.809. The molecular formula is C24H32N4O. The van der Waals surface area contributed by atoms with Gasteiger partial charge in [0, 0.05) is 43.5 Å². The average molecular weight is 393 g/mol. The Hall–Kier alpha value is -2.40. The Bertz CT molecular complexity index is 776. The van der Waals surface area contributed by atoms with Gasteiger partial charge in [-0.3, -0.25) is 4.79 Å². The number of likely N-dealkylation sites (tertiary alicyclic amines) is 1. The van der Waals surface area contributed by atoms with Crippen LogP contribution < -0.4 is 10.2 Å². The lowest BCUT2D eigenvalue weighted by Gasteiger charge is -2.27. The van der Waals surface area contributed by atoms with E-state index in [1.165, 1.54) is 38.5 Å². The van der Waals surface area contributed by atoms with Gasteiger partial charge >= 0.3 is 0 Å². The molecule has 2 fully saturated rings. The van der Waals surface area contributed by atoms with Crippen molar-refractivity contribution < 1.29 is 4.79 Å². The number of hydrogen-bond acceptors (Lipinski definition) is 4. The molecule has 1 amide bonds. The molecule has 0 saturated carbocycles. The standard InChI is InChI=1S/C24H32N4O/c29-24(25-13-18-27-14-3-1-4-15-27)21-9-7-20(8-10-21)22-11-12-23(26-19-22)28-16-5-2-6-17-28/h7-12,19H,1-6,13-18H2,(H,25,29). The normalized spacial score (nSPS) is 17.9. The number of amides is 1. The Morgan fingerprint density at radius 1 is 0.828 bits per heavy atom. The molecule has 154 valence electrons. The van der Waals surface area contributed by atoms with Gasteiger partial charge in [-0.15, -0.1) is 0 Å². The summed E-state index contributed by atoms with van der Waals surface area (Å²) in [6.45, 7) is 6.19. The lowest BCUT2D eigenvalue weighted by Crippen LogP contribution is -2.37. The molecule has 5 nitrogen and oxygen atoms in total. The first-order valence-electron chi connectivity index (χ1n) is 11.1. The Morgan fingerprint density at radius 2 is 1.48 bits per heavy atom. The lowest BCUT2D eigenvalue weighted by molar-refractivity contribution is 0.0946. The molecule has 0 atom stereocenters. The molecule has 2 aliphatic rings. The van der Waals surface area contributed by atoms with Crippen molar-refractivity contribution in [3.05, 3.63) is 48.2 Å². The molecule has 0 aliphatic carbocycles. The zero-order chi connectivity index (χ0) is 19.9. The Morgan fingerprint density at radius 3 is 2.14 bits per heavy atom. The Kier molecular flexibility index (Phi) is 6.78. The van der Waals surface area contributed by atoms with E-state index in [9.17, 15) is 4.79 Å². The van der Waals surface area contributed by atoms with E-state index < -0.39 is 0 Å². The van der Waals surface area contributed by atoms with Crippen molar-refractivity contribution in [2.45, 2.75) is 38.5 Å². The van der Waals surface area contributed by atoms with E-state index in [0.29, 0.717) is 12.1 Å². The van der Waals surface area contributed by atoms with E-state index >= 15 is 0 Å². The number of piperidine rings is 2. The van der Waals surface area contributed by atoms with Gasteiger partial charge in [-0.05, 0) is 75.0 Å². The van der Waals surface area contributed by atoms with Gasteiger partial charge in [-0.1, -0.05) is 18.6 Å². The van der Waals surface area contributed by atoms with Crippen LogP contribution in [0.4, 0.5) is 5.82 Å². The topological polar surface area (TPSA) is 48.5 Å². The molecule has 29 heavy (non-hydrogen) atoms. The van der Waals surface area contributed by atoms with Crippen molar-refractivity contribution in [1.82, 2.24) is 15.2 Å². The molecule has 0 bridgehead atoms. The number of carbonyl (C=O) groups is 1. The highest BCUT2D eigenvalue weighted by Gasteiger charge is 2.13. The van der Waals surface area contributed by atoms with Gasteiger partial charge in [0.05, 0.1) is 0 Å². The lowest BCUT2D eigenvalue weighted by atomic mass is 10.0. The summed E-state index contributed by atoms with van der Waals surface area (Å²) in [5.41, 5.74) is 2.89. The number of nitrogens with one attached hydrogen (secondary N) is 1. The third kappa shape index (κ3) is 5.36. The number of pyridine rings is 1. The summed E-state index contributed by atoms with van der Waals surface area (Å²) in [6.07, 6.45) is 9.68. The van der Waals surface area contributed by atoms with Crippen LogP contribution in [0.5, 0.6) is 0 Å². The Balaban J connectivity index is 1.30. The van der Waals surface area contributed by atoms with Gasteiger partial charge in [0.2, 0.25) is 0 Å². The highest BCUT2D eigenvalue weighted by atomic mass is 16.1. The van der Waals surface area contributed by atoms with E-state index in [4.69, 9.17) is 0 Å². The zero-order valence-corrected chi connectivity index (χ0v) is 17.3. The summed E-state index contributed by atoms with van der Waals surface area (Å²) in [6, 6.07) is 12.1. The van der Waals surface area contributed by atoms with E-state index in [-0.39, 0.29) is 5.91 Å². The predicted molar refractivity (Wildman–Crippen MR) is 118 cm³/mol. The SMILES string of the molecule is O=C(NCCN1CCCCC1)c1ccc(-c2ccc(N3CCCCC3)nc2)cc1.